The molecular weight excluding hydrogens is 551 g/mol. The van der Waals surface area contributed by atoms with E-state index in [2.05, 4.69) is 31.5 Å². The Morgan fingerprint density at radius 3 is 2.60 bits per heavy atom. The zero-order valence-electron chi connectivity index (χ0n) is 24.0. The standard InChI is InChI=1S/C29H34F3N7O3/c1-16(22-12-17(30)15-39(22)4)40-23-14-24(41-19-9-11-34-18(13-19)8-10-33)36-26(35-23)27-37-28(42-38-27)29(2,3)25-20(31)6-5-7-21(25)32/h5-7,14,16-19,22,34H,8-9,11-13,15H2,1-4H3/t16-,17+,18+,19-,22-/m0/s1. The summed E-state index contributed by atoms with van der Waals surface area (Å²) in [5.74, 6) is -1.12. The van der Waals surface area contributed by atoms with Crippen LogP contribution in [0.2, 0.25) is 0 Å². The first kappa shape index (κ1) is 29.7. The van der Waals surface area contributed by atoms with Gasteiger partial charge in [0, 0.05) is 30.6 Å². The Labute approximate surface area is 242 Å². The first-order chi connectivity index (χ1) is 20.0. The highest BCUT2D eigenvalue weighted by atomic mass is 19.1. The Morgan fingerprint density at radius 2 is 1.90 bits per heavy atom. The Morgan fingerprint density at radius 1 is 1.17 bits per heavy atom. The number of likely N-dealkylation sites (tertiary alicyclic amines) is 1. The van der Waals surface area contributed by atoms with Crippen LogP contribution in [-0.2, 0) is 5.41 Å². The number of ether oxygens (including phenoxy) is 2. The number of piperidine rings is 1. The SMILES string of the molecule is C[C@H](Oc1cc(O[C@H]2CCN[C@H](CC#N)C2)nc(-c2noc(C(C)(C)c3c(F)cccc3F)n2)n1)[C@@H]1C[C@@H](F)CN1C. The van der Waals surface area contributed by atoms with Gasteiger partial charge in [-0.3, -0.25) is 4.90 Å². The summed E-state index contributed by atoms with van der Waals surface area (Å²) in [6.45, 7) is 6.01. The van der Waals surface area contributed by atoms with Crippen LogP contribution in [0.25, 0.3) is 11.6 Å². The molecule has 0 unspecified atom stereocenters. The molecule has 42 heavy (non-hydrogen) atoms. The molecule has 3 aromatic rings. The smallest absolute Gasteiger partial charge is 0.240 e. The number of hydrogen-bond acceptors (Lipinski definition) is 10. The molecule has 0 amide bonds. The molecule has 1 aromatic carbocycles. The summed E-state index contributed by atoms with van der Waals surface area (Å²) in [6.07, 6.45) is 0.447. The zero-order valence-corrected chi connectivity index (χ0v) is 24.0. The number of halogens is 3. The van der Waals surface area contributed by atoms with Gasteiger partial charge in [0.2, 0.25) is 29.3 Å². The summed E-state index contributed by atoms with van der Waals surface area (Å²) < 4.78 is 61.2. The van der Waals surface area contributed by atoms with E-state index < -0.39 is 29.3 Å². The molecule has 0 saturated carbocycles. The second-order valence-corrected chi connectivity index (χ2v) is 11.5. The van der Waals surface area contributed by atoms with Crippen LogP contribution in [0.15, 0.2) is 28.8 Å². The molecule has 5 rings (SSSR count). The van der Waals surface area contributed by atoms with Gasteiger partial charge in [0.25, 0.3) is 0 Å². The van der Waals surface area contributed by atoms with Gasteiger partial charge in [-0.05, 0) is 59.3 Å². The molecule has 4 heterocycles. The number of nitrogens with zero attached hydrogens (tertiary/aromatic N) is 6. The maximum absolute atomic E-state index is 14.6. The maximum Gasteiger partial charge on any atom is 0.240 e. The number of nitrogens with one attached hydrogen (secondary N) is 1. The highest BCUT2D eigenvalue weighted by molar-refractivity contribution is 5.46. The molecule has 224 valence electrons. The number of alkyl halides is 1. The third kappa shape index (κ3) is 6.34. The van der Waals surface area contributed by atoms with Crippen molar-refractivity contribution < 1.29 is 27.2 Å². The predicted molar refractivity (Wildman–Crippen MR) is 146 cm³/mol. The van der Waals surface area contributed by atoms with Gasteiger partial charge in [0.1, 0.15) is 30.0 Å². The summed E-state index contributed by atoms with van der Waals surface area (Å²) >= 11 is 0. The van der Waals surface area contributed by atoms with Crippen LogP contribution in [-0.4, -0.2) is 75.6 Å². The Hall–Kier alpha value is -3.76. The highest BCUT2D eigenvalue weighted by Gasteiger charge is 2.37. The van der Waals surface area contributed by atoms with Crippen molar-refractivity contribution in [3.63, 3.8) is 0 Å². The molecule has 0 aliphatic carbocycles. The van der Waals surface area contributed by atoms with Gasteiger partial charge in [0.15, 0.2) is 0 Å². The lowest BCUT2D eigenvalue weighted by Crippen LogP contribution is -2.42. The minimum absolute atomic E-state index is 0.00174. The fraction of sp³-hybridized carbons (Fsp3) is 0.552. The van der Waals surface area contributed by atoms with Gasteiger partial charge in [0.05, 0.1) is 24.0 Å². The summed E-state index contributed by atoms with van der Waals surface area (Å²) in [5, 5.41) is 16.4. The molecule has 0 spiro atoms. The van der Waals surface area contributed by atoms with Crippen LogP contribution in [0.4, 0.5) is 13.2 Å². The molecule has 2 aliphatic rings. The average Bonchev–Trinajstić information content (AvgIpc) is 3.56. The van der Waals surface area contributed by atoms with Crippen molar-refractivity contribution in [1.29, 1.82) is 5.26 Å². The third-order valence-electron chi connectivity index (χ3n) is 7.90. The van der Waals surface area contributed by atoms with E-state index in [-0.39, 0.29) is 53.1 Å². The van der Waals surface area contributed by atoms with Crippen molar-refractivity contribution >= 4 is 0 Å². The van der Waals surface area contributed by atoms with Crippen LogP contribution < -0.4 is 14.8 Å². The van der Waals surface area contributed by atoms with E-state index in [1.165, 1.54) is 18.2 Å². The summed E-state index contributed by atoms with van der Waals surface area (Å²) in [4.78, 5) is 15.3. The predicted octanol–water partition coefficient (Wildman–Crippen LogP) is 4.35. The van der Waals surface area contributed by atoms with Gasteiger partial charge in [-0.1, -0.05) is 11.2 Å². The number of nitriles is 1. The van der Waals surface area contributed by atoms with Crippen LogP contribution >= 0.6 is 0 Å². The highest BCUT2D eigenvalue weighted by Crippen LogP contribution is 2.35. The van der Waals surface area contributed by atoms with E-state index in [0.29, 0.717) is 38.8 Å². The monoisotopic (exact) mass is 585 g/mol. The van der Waals surface area contributed by atoms with Crippen molar-refractivity contribution in [3.8, 4) is 29.5 Å². The second-order valence-electron chi connectivity index (χ2n) is 11.5. The Bertz CT molecular complexity index is 1430. The third-order valence-corrected chi connectivity index (χ3v) is 7.90. The van der Waals surface area contributed by atoms with E-state index in [4.69, 9.17) is 19.3 Å². The van der Waals surface area contributed by atoms with Crippen molar-refractivity contribution in [3.05, 3.63) is 47.4 Å². The van der Waals surface area contributed by atoms with Gasteiger partial charge in [-0.2, -0.15) is 20.2 Å². The number of likely N-dealkylation sites (N-methyl/N-ethyl adjacent to an activating group) is 1. The lowest BCUT2D eigenvalue weighted by Gasteiger charge is -2.29. The first-order valence-electron chi connectivity index (χ1n) is 14.0. The molecule has 5 atom stereocenters. The molecule has 10 nitrogen and oxygen atoms in total. The van der Waals surface area contributed by atoms with Crippen molar-refractivity contribution in [2.45, 2.75) is 82.3 Å². The second kappa shape index (κ2) is 12.2. The van der Waals surface area contributed by atoms with Crippen LogP contribution in [0, 0.1) is 23.0 Å². The van der Waals surface area contributed by atoms with E-state index >= 15 is 0 Å². The van der Waals surface area contributed by atoms with E-state index in [1.54, 1.807) is 19.9 Å². The lowest BCUT2D eigenvalue weighted by atomic mass is 9.83. The van der Waals surface area contributed by atoms with Crippen molar-refractivity contribution in [2.75, 3.05) is 20.1 Å². The number of hydrogen-bond donors (Lipinski definition) is 1. The minimum atomic E-state index is -1.30. The van der Waals surface area contributed by atoms with Gasteiger partial charge in [-0.15, -0.1) is 0 Å². The quantitative estimate of drug-likeness (QED) is 0.388. The fourth-order valence-corrected chi connectivity index (χ4v) is 5.69. The minimum Gasteiger partial charge on any atom is -0.474 e. The van der Waals surface area contributed by atoms with Crippen LogP contribution in [0.3, 0.4) is 0 Å². The largest absolute Gasteiger partial charge is 0.474 e. The lowest BCUT2D eigenvalue weighted by molar-refractivity contribution is 0.113. The fourth-order valence-electron chi connectivity index (χ4n) is 5.69. The van der Waals surface area contributed by atoms with E-state index in [9.17, 15) is 13.2 Å². The average molecular weight is 586 g/mol. The van der Waals surface area contributed by atoms with E-state index in [0.717, 1.165) is 0 Å². The van der Waals surface area contributed by atoms with Gasteiger partial charge < -0.3 is 19.3 Å². The van der Waals surface area contributed by atoms with Crippen molar-refractivity contribution in [1.82, 2.24) is 30.3 Å². The number of aromatic nitrogens is 4. The maximum atomic E-state index is 14.6. The molecule has 2 aliphatic heterocycles. The summed E-state index contributed by atoms with van der Waals surface area (Å²) in [5.41, 5.74) is -1.51. The summed E-state index contributed by atoms with van der Waals surface area (Å²) in [7, 11) is 1.85. The molecule has 2 aromatic heterocycles. The Balaban J connectivity index is 1.45. The Kier molecular flexibility index (Phi) is 8.65. The molecule has 0 bridgehead atoms. The molecule has 13 heteroatoms. The van der Waals surface area contributed by atoms with E-state index in [1.807, 2.05) is 18.9 Å². The number of rotatable bonds is 9. The molecule has 1 N–H and O–H groups in total. The molecule has 0 radical (unpaired) electrons. The topological polar surface area (TPSA) is 122 Å². The molecule has 2 fully saturated rings. The van der Waals surface area contributed by atoms with Crippen LogP contribution in [0.5, 0.6) is 11.8 Å². The van der Waals surface area contributed by atoms with Gasteiger partial charge in [-0.25, -0.2) is 13.2 Å². The first-order valence-corrected chi connectivity index (χ1v) is 14.0. The molecular formula is C29H34F3N7O3. The van der Waals surface area contributed by atoms with Crippen LogP contribution in [0.1, 0.15) is 57.9 Å². The van der Waals surface area contributed by atoms with Gasteiger partial charge >= 0.3 is 0 Å². The van der Waals surface area contributed by atoms with Crippen molar-refractivity contribution in [2.24, 2.45) is 0 Å². The normalized spacial score (nSPS) is 23.9. The summed E-state index contributed by atoms with van der Waals surface area (Å²) in [6, 6.07) is 7.20. The number of benzene rings is 1. The molecule has 2 saturated heterocycles. The zero-order chi connectivity index (χ0) is 30.0.